The summed E-state index contributed by atoms with van der Waals surface area (Å²) in [5.41, 5.74) is 0. The van der Waals surface area contributed by atoms with E-state index in [0.717, 1.165) is 69.6 Å². The second-order valence-corrected chi connectivity index (χ2v) is 14.5. The van der Waals surface area contributed by atoms with Gasteiger partial charge < -0.3 is 0 Å². The van der Waals surface area contributed by atoms with Crippen molar-refractivity contribution in [2.75, 3.05) is 0 Å². The number of alkyl halides is 4. The van der Waals surface area contributed by atoms with Crippen LogP contribution >= 0.6 is 22.6 Å². The molecule has 0 aromatic rings. The first-order chi connectivity index (χ1) is 16.5. The lowest BCUT2D eigenvalue weighted by molar-refractivity contribution is -0.0151. The zero-order chi connectivity index (χ0) is 24.1. The normalized spacial score (nSPS) is 46.3. The van der Waals surface area contributed by atoms with Gasteiger partial charge >= 0.3 is 0 Å². The van der Waals surface area contributed by atoms with E-state index in [1.165, 1.54) is 57.8 Å². The Morgan fingerprint density at radius 1 is 0.618 bits per heavy atom. The van der Waals surface area contributed by atoms with Crippen molar-refractivity contribution in [3.8, 4) is 0 Å². The molecule has 4 aliphatic carbocycles. The monoisotopic (exact) mass is 594 g/mol. The maximum Gasteiger partial charge on any atom is 0.134 e. The summed E-state index contributed by atoms with van der Waals surface area (Å²) in [5.74, 6) is 2.79. The summed E-state index contributed by atoms with van der Waals surface area (Å²) in [6.07, 6.45) is 16.9. The minimum Gasteiger partial charge on any atom is -0.247 e. The van der Waals surface area contributed by atoms with E-state index in [4.69, 9.17) is 0 Å². The van der Waals surface area contributed by atoms with Crippen LogP contribution in [0.25, 0.3) is 0 Å². The molecule has 198 valence electrons. The molecule has 0 heterocycles. The Balaban J connectivity index is 1.13. The first-order valence-corrected chi connectivity index (χ1v) is 16.3. The molecular formula is C30H50F3I. The summed E-state index contributed by atoms with van der Waals surface area (Å²) < 4.78 is 45.4. The van der Waals surface area contributed by atoms with Crippen molar-refractivity contribution >= 4 is 22.6 Å². The highest BCUT2D eigenvalue weighted by Crippen LogP contribution is 2.46. The summed E-state index contributed by atoms with van der Waals surface area (Å²) in [6.45, 7) is 2.25. The van der Waals surface area contributed by atoms with Gasteiger partial charge in [0.2, 0.25) is 0 Å². The minimum absolute atomic E-state index is 0.0225. The predicted octanol–water partition coefficient (Wildman–Crippen LogP) is 10.2. The Bertz CT molecular complexity index is 584. The number of rotatable bonds is 8. The Morgan fingerprint density at radius 3 is 1.82 bits per heavy atom. The molecule has 0 aromatic carbocycles. The molecular weight excluding hydrogens is 544 g/mol. The van der Waals surface area contributed by atoms with Crippen molar-refractivity contribution in [1.82, 2.24) is 0 Å². The van der Waals surface area contributed by atoms with Gasteiger partial charge in [-0.3, -0.25) is 0 Å². The van der Waals surface area contributed by atoms with Gasteiger partial charge in [0.05, 0.1) is 0 Å². The third-order valence-corrected chi connectivity index (χ3v) is 11.8. The summed E-state index contributed by atoms with van der Waals surface area (Å²) in [4.78, 5) is 0. The highest BCUT2D eigenvalue weighted by atomic mass is 127. The van der Waals surface area contributed by atoms with Crippen LogP contribution in [0.2, 0.25) is 0 Å². The van der Waals surface area contributed by atoms with E-state index in [1.54, 1.807) is 0 Å². The minimum atomic E-state index is -1.24. The fourth-order valence-corrected chi connectivity index (χ4v) is 9.37. The van der Waals surface area contributed by atoms with Crippen LogP contribution in [0.4, 0.5) is 13.2 Å². The zero-order valence-electron chi connectivity index (χ0n) is 21.6. The number of hydrogen-bond acceptors (Lipinski definition) is 0. The molecule has 4 aliphatic rings. The molecule has 0 saturated heterocycles. The summed E-state index contributed by atoms with van der Waals surface area (Å²) in [7, 11) is 0. The molecule has 0 aromatic heterocycles. The Kier molecular flexibility index (Phi) is 10.8. The van der Waals surface area contributed by atoms with Crippen LogP contribution in [0, 0.1) is 41.4 Å². The van der Waals surface area contributed by atoms with E-state index in [9.17, 15) is 4.39 Å². The highest BCUT2D eigenvalue weighted by Gasteiger charge is 2.44. The zero-order valence-corrected chi connectivity index (χ0v) is 23.7. The average Bonchev–Trinajstić information content (AvgIpc) is 2.83. The van der Waals surface area contributed by atoms with Gasteiger partial charge in [-0.2, -0.15) is 0 Å². The second-order valence-electron chi connectivity index (χ2n) is 12.8. The molecule has 34 heavy (non-hydrogen) atoms. The van der Waals surface area contributed by atoms with Crippen LogP contribution in [0.1, 0.15) is 122 Å². The molecule has 0 aliphatic heterocycles. The molecule has 7 atom stereocenters. The summed E-state index contributed by atoms with van der Waals surface area (Å²) >= 11 is 2.42. The molecule has 4 heteroatoms. The average molecular weight is 595 g/mol. The lowest BCUT2D eigenvalue weighted by atomic mass is 9.66. The number of halogens is 4. The third-order valence-electron chi connectivity index (χ3n) is 10.7. The van der Waals surface area contributed by atoms with Gasteiger partial charge in [-0.1, -0.05) is 80.9 Å². The highest BCUT2D eigenvalue weighted by molar-refractivity contribution is 14.1. The molecule has 7 unspecified atom stereocenters. The van der Waals surface area contributed by atoms with E-state index in [0.29, 0.717) is 21.7 Å². The maximum absolute atomic E-state index is 15.2. The van der Waals surface area contributed by atoms with Gasteiger partial charge in [-0.15, -0.1) is 0 Å². The maximum atomic E-state index is 15.2. The number of hydrogen-bond donors (Lipinski definition) is 0. The Labute approximate surface area is 221 Å². The molecule has 0 nitrogen and oxygen atoms in total. The van der Waals surface area contributed by atoms with Crippen LogP contribution in [0.3, 0.4) is 0 Å². The molecule has 0 bridgehead atoms. The van der Waals surface area contributed by atoms with Gasteiger partial charge in [0.1, 0.15) is 18.5 Å². The summed E-state index contributed by atoms with van der Waals surface area (Å²) in [6, 6.07) is 0. The molecule has 0 N–H and O–H groups in total. The van der Waals surface area contributed by atoms with Gasteiger partial charge in [-0.25, -0.2) is 13.2 Å². The van der Waals surface area contributed by atoms with E-state index in [-0.39, 0.29) is 11.8 Å². The lowest BCUT2D eigenvalue weighted by Gasteiger charge is -2.41. The molecule has 4 rings (SSSR count). The van der Waals surface area contributed by atoms with Crippen molar-refractivity contribution in [2.24, 2.45) is 41.4 Å². The molecule has 0 radical (unpaired) electrons. The van der Waals surface area contributed by atoms with Crippen molar-refractivity contribution in [1.29, 1.82) is 0 Å². The van der Waals surface area contributed by atoms with Gasteiger partial charge in [0.25, 0.3) is 0 Å². The SMILES string of the molecule is CCCC1CCC(C2CCC(CCCC3CCC(C4CCC(I)CC4F)CC3)C(F)C2F)CC1. The van der Waals surface area contributed by atoms with Gasteiger partial charge in [-0.05, 0) is 106 Å². The van der Waals surface area contributed by atoms with Crippen LogP contribution < -0.4 is 0 Å². The fraction of sp³-hybridized carbons (Fsp3) is 1.00. The van der Waals surface area contributed by atoms with Gasteiger partial charge in [0.15, 0.2) is 0 Å². The van der Waals surface area contributed by atoms with Crippen LogP contribution in [-0.4, -0.2) is 22.4 Å². The van der Waals surface area contributed by atoms with E-state index in [2.05, 4.69) is 29.5 Å². The van der Waals surface area contributed by atoms with E-state index in [1.807, 2.05) is 0 Å². The smallest absolute Gasteiger partial charge is 0.134 e. The topological polar surface area (TPSA) is 0 Å². The molecule has 0 spiro atoms. The third kappa shape index (κ3) is 7.09. The summed E-state index contributed by atoms with van der Waals surface area (Å²) in [5, 5.41) is 0. The Morgan fingerprint density at radius 2 is 1.21 bits per heavy atom. The van der Waals surface area contributed by atoms with E-state index < -0.39 is 18.5 Å². The van der Waals surface area contributed by atoms with Crippen molar-refractivity contribution in [3.05, 3.63) is 0 Å². The molecule has 0 amide bonds. The predicted molar refractivity (Wildman–Crippen MR) is 146 cm³/mol. The van der Waals surface area contributed by atoms with E-state index >= 15 is 8.78 Å². The lowest BCUT2D eigenvalue weighted by Crippen LogP contribution is -2.42. The van der Waals surface area contributed by atoms with Gasteiger partial charge in [0, 0.05) is 3.92 Å². The second kappa shape index (κ2) is 13.4. The first-order valence-electron chi connectivity index (χ1n) is 15.0. The standard InChI is InChI=1S/C30H50F3I/c1-2-4-20-7-13-23(14-8-20)27-17-15-24(29(32)30(27)33)6-3-5-21-9-11-22(12-10-21)26-18-16-25(34)19-28(26)31/h20-30H,2-19H2,1H3. The van der Waals surface area contributed by atoms with Crippen molar-refractivity contribution in [2.45, 2.75) is 145 Å². The molecule has 4 fully saturated rings. The molecule has 4 saturated carbocycles. The largest absolute Gasteiger partial charge is 0.247 e. The van der Waals surface area contributed by atoms with Crippen LogP contribution in [0.15, 0.2) is 0 Å². The van der Waals surface area contributed by atoms with Crippen molar-refractivity contribution < 1.29 is 13.2 Å². The van der Waals surface area contributed by atoms with Crippen molar-refractivity contribution in [3.63, 3.8) is 0 Å². The quantitative estimate of drug-likeness (QED) is 0.194. The first kappa shape index (κ1) is 27.6. The van der Waals surface area contributed by atoms with Crippen LogP contribution in [-0.2, 0) is 0 Å². The fourth-order valence-electron chi connectivity index (χ4n) is 8.53. The van der Waals surface area contributed by atoms with Crippen LogP contribution in [0.5, 0.6) is 0 Å². The Hall–Kier alpha value is 0.520.